The highest BCUT2D eigenvalue weighted by atomic mass is 14.6. The summed E-state index contributed by atoms with van der Waals surface area (Å²) >= 11 is 0. The Morgan fingerprint density at radius 3 is 2.20 bits per heavy atom. The summed E-state index contributed by atoms with van der Waals surface area (Å²) in [5.41, 5.74) is 1.09. The molecule has 0 aromatic heterocycles. The van der Waals surface area contributed by atoms with Crippen LogP contribution in [0.15, 0.2) is 25.3 Å². The van der Waals surface area contributed by atoms with Crippen LogP contribution in [0.2, 0.25) is 0 Å². The second-order valence-electron chi connectivity index (χ2n) is 12.6. The summed E-state index contributed by atoms with van der Waals surface area (Å²) < 4.78 is 0. The zero-order valence-electron chi connectivity index (χ0n) is 21.3. The summed E-state index contributed by atoms with van der Waals surface area (Å²) in [5.74, 6) is 6.62. The Bertz CT molecular complexity index is 587. The summed E-state index contributed by atoms with van der Waals surface area (Å²) in [6.07, 6.45) is 18.8. The zero-order chi connectivity index (χ0) is 22.1. The monoisotopic (exact) mass is 412 g/mol. The van der Waals surface area contributed by atoms with E-state index in [1.807, 2.05) is 0 Å². The molecule has 0 aromatic carbocycles. The van der Waals surface area contributed by atoms with E-state index in [0.29, 0.717) is 16.7 Å². The Kier molecular flexibility index (Phi) is 7.67. The van der Waals surface area contributed by atoms with Crippen molar-refractivity contribution in [2.24, 2.45) is 58.2 Å². The van der Waals surface area contributed by atoms with Gasteiger partial charge in [-0.1, -0.05) is 73.0 Å². The molecular weight excluding hydrogens is 360 g/mol. The Labute approximate surface area is 189 Å². The first-order chi connectivity index (χ1) is 14.2. The Morgan fingerprint density at radius 1 is 0.900 bits per heavy atom. The third-order valence-electron chi connectivity index (χ3n) is 11.2. The van der Waals surface area contributed by atoms with Crippen LogP contribution in [-0.2, 0) is 0 Å². The van der Waals surface area contributed by atoms with Gasteiger partial charge >= 0.3 is 0 Å². The van der Waals surface area contributed by atoms with Gasteiger partial charge in [0.05, 0.1) is 0 Å². The highest BCUT2D eigenvalue weighted by molar-refractivity contribution is 5.08. The topological polar surface area (TPSA) is 0 Å². The van der Waals surface area contributed by atoms with Crippen LogP contribution < -0.4 is 0 Å². The minimum atomic E-state index is 0.538. The third-order valence-corrected chi connectivity index (χ3v) is 11.2. The van der Waals surface area contributed by atoms with Gasteiger partial charge in [0.15, 0.2) is 0 Å². The molecule has 3 aliphatic rings. The Hall–Kier alpha value is -0.520. The van der Waals surface area contributed by atoms with E-state index in [1.54, 1.807) is 0 Å². The predicted octanol–water partition coefficient (Wildman–Crippen LogP) is 9.32. The molecule has 3 fully saturated rings. The van der Waals surface area contributed by atoms with E-state index in [9.17, 15) is 0 Å². The first kappa shape index (κ1) is 24.1. The van der Waals surface area contributed by atoms with E-state index in [1.165, 1.54) is 64.2 Å². The SMILES string of the molecule is C=CCC1C(C2(C)CCCCC2C)CCC2(C)C(CC(C=C)C(C)C(C)C)CCC12. The molecule has 3 saturated carbocycles. The lowest BCUT2D eigenvalue weighted by Gasteiger charge is -2.57. The van der Waals surface area contributed by atoms with Gasteiger partial charge < -0.3 is 0 Å². The fraction of sp³-hybridized carbons (Fsp3) is 0.867. The molecule has 0 heterocycles. The van der Waals surface area contributed by atoms with Gasteiger partial charge in [-0.25, -0.2) is 0 Å². The molecule has 0 nitrogen and oxygen atoms in total. The van der Waals surface area contributed by atoms with Gasteiger partial charge in [0.1, 0.15) is 0 Å². The molecule has 0 amide bonds. The summed E-state index contributed by atoms with van der Waals surface area (Å²) in [6, 6.07) is 0. The van der Waals surface area contributed by atoms with Crippen LogP contribution in [0, 0.1) is 58.2 Å². The van der Waals surface area contributed by atoms with E-state index < -0.39 is 0 Å². The van der Waals surface area contributed by atoms with Crippen LogP contribution >= 0.6 is 0 Å². The Morgan fingerprint density at radius 2 is 1.60 bits per heavy atom. The van der Waals surface area contributed by atoms with Crippen LogP contribution in [0.3, 0.4) is 0 Å². The molecule has 172 valence electrons. The first-order valence-electron chi connectivity index (χ1n) is 13.4. The van der Waals surface area contributed by atoms with Gasteiger partial charge in [-0.2, -0.15) is 0 Å². The quantitative estimate of drug-likeness (QED) is 0.348. The van der Waals surface area contributed by atoms with E-state index in [4.69, 9.17) is 0 Å². The molecule has 3 aliphatic carbocycles. The van der Waals surface area contributed by atoms with E-state index >= 15 is 0 Å². The Balaban J connectivity index is 1.82. The van der Waals surface area contributed by atoms with Crippen LogP contribution in [0.1, 0.15) is 106 Å². The molecule has 9 unspecified atom stereocenters. The maximum absolute atomic E-state index is 4.26. The lowest BCUT2D eigenvalue weighted by Crippen LogP contribution is -2.49. The number of hydrogen-bond acceptors (Lipinski definition) is 0. The molecule has 9 atom stereocenters. The molecule has 0 N–H and O–H groups in total. The minimum absolute atomic E-state index is 0.538. The summed E-state index contributed by atoms with van der Waals surface area (Å²) in [7, 11) is 0. The smallest absolute Gasteiger partial charge is 0.0205 e. The van der Waals surface area contributed by atoms with Crippen molar-refractivity contribution in [1.82, 2.24) is 0 Å². The molecule has 0 saturated heterocycles. The van der Waals surface area contributed by atoms with Crippen molar-refractivity contribution in [3.8, 4) is 0 Å². The van der Waals surface area contributed by atoms with Crippen LogP contribution in [0.4, 0.5) is 0 Å². The van der Waals surface area contributed by atoms with E-state index in [2.05, 4.69) is 66.9 Å². The molecule has 0 bridgehead atoms. The van der Waals surface area contributed by atoms with E-state index in [0.717, 1.165) is 41.4 Å². The van der Waals surface area contributed by atoms with Crippen molar-refractivity contribution in [3.05, 3.63) is 25.3 Å². The number of rotatable bonds is 8. The molecule has 0 aromatic rings. The third kappa shape index (κ3) is 4.23. The highest BCUT2D eigenvalue weighted by Crippen LogP contribution is 2.65. The van der Waals surface area contributed by atoms with Gasteiger partial charge in [0.2, 0.25) is 0 Å². The van der Waals surface area contributed by atoms with Crippen LogP contribution in [0.5, 0.6) is 0 Å². The van der Waals surface area contributed by atoms with Crippen LogP contribution in [0.25, 0.3) is 0 Å². The molecule has 3 rings (SSSR count). The molecule has 0 spiro atoms. The lowest BCUT2D eigenvalue weighted by atomic mass is 9.48. The van der Waals surface area contributed by atoms with Gasteiger partial charge in [0, 0.05) is 0 Å². The van der Waals surface area contributed by atoms with Gasteiger partial charge in [-0.05, 0) is 103 Å². The average Bonchev–Trinajstić information content (AvgIpc) is 3.04. The van der Waals surface area contributed by atoms with Gasteiger partial charge in [-0.3, -0.25) is 0 Å². The first-order valence-corrected chi connectivity index (χ1v) is 13.4. The number of hydrogen-bond donors (Lipinski definition) is 0. The summed E-state index contributed by atoms with van der Waals surface area (Å²) in [5, 5.41) is 0. The second-order valence-corrected chi connectivity index (χ2v) is 12.6. The maximum atomic E-state index is 4.26. The summed E-state index contributed by atoms with van der Waals surface area (Å²) in [6.45, 7) is 23.6. The number of fused-ring (bicyclic) bond motifs is 1. The molecule has 0 heteroatoms. The fourth-order valence-corrected chi connectivity index (χ4v) is 8.56. The van der Waals surface area contributed by atoms with E-state index in [-0.39, 0.29) is 0 Å². The maximum Gasteiger partial charge on any atom is -0.0205 e. The second kappa shape index (κ2) is 9.54. The molecule has 0 radical (unpaired) electrons. The lowest BCUT2D eigenvalue weighted by molar-refractivity contribution is -0.0732. The summed E-state index contributed by atoms with van der Waals surface area (Å²) in [4.78, 5) is 0. The normalized spacial score (nSPS) is 43.8. The highest BCUT2D eigenvalue weighted by Gasteiger charge is 2.57. The predicted molar refractivity (Wildman–Crippen MR) is 133 cm³/mol. The van der Waals surface area contributed by atoms with Crippen molar-refractivity contribution < 1.29 is 0 Å². The van der Waals surface area contributed by atoms with Gasteiger partial charge in [0.25, 0.3) is 0 Å². The minimum Gasteiger partial charge on any atom is -0.103 e. The van der Waals surface area contributed by atoms with Crippen molar-refractivity contribution in [3.63, 3.8) is 0 Å². The molecular formula is C30H52. The van der Waals surface area contributed by atoms with Gasteiger partial charge in [-0.15, -0.1) is 13.2 Å². The van der Waals surface area contributed by atoms with Crippen molar-refractivity contribution in [2.45, 2.75) is 106 Å². The zero-order valence-corrected chi connectivity index (χ0v) is 21.3. The molecule has 0 aliphatic heterocycles. The van der Waals surface area contributed by atoms with Crippen molar-refractivity contribution in [1.29, 1.82) is 0 Å². The standard InChI is InChI=1S/C30H52/c1-9-13-26-27-16-15-25(20-24(10-2)23(6)21(3)4)30(27,8)19-17-28(26)29(7)18-12-11-14-22(29)5/h9-10,21-28H,1-2,11-20H2,3-8H3. The fourth-order valence-electron chi connectivity index (χ4n) is 8.56. The largest absolute Gasteiger partial charge is 0.103 e. The van der Waals surface area contributed by atoms with Crippen molar-refractivity contribution in [2.75, 3.05) is 0 Å². The average molecular weight is 413 g/mol. The number of allylic oxidation sites excluding steroid dienone is 2. The van der Waals surface area contributed by atoms with Crippen LogP contribution in [-0.4, -0.2) is 0 Å². The molecule has 30 heavy (non-hydrogen) atoms. The van der Waals surface area contributed by atoms with Crippen molar-refractivity contribution >= 4 is 0 Å².